The lowest BCUT2D eigenvalue weighted by Gasteiger charge is -2.15. The predicted molar refractivity (Wildman–Crippen MR) is 95.9 cm³/mol. The molecule has 3 heterocycles. The normalized spacial score (nSPS) is 12.3. The van der Waals surface area contributed by atoms with Crippen LogP contribution in [0.4, 0.5) is 0 Å². The quantitative estimate of drug-likeness (QED) is 0.748. The zero-order chi connectivity index (χ0) is 18.3. The Morgan fingerprint density at radius 2 is 2.00 bits per heavy atom. The van der Waals surface area contributed by atoms with E-state index in [9.17, 15) is 9.59 Å². The number of carbonyl (C=O) groups excluding carboxylic acids is 2. The summed E-state index contributed by atoms with van der Waals surface area (Å²) in [5, 5.41) is 7.09. The first-order valence-electron chi connectivity index (χ1n) is 7.81. The highest BCUT2D eigenvalue weighted by Crippen LogP contribution is 2.26. The van der Waals surface area contributed by atoms with Gasteiger partial charge in [0, 0.05) is 15.4 Å². The molecule has 3 aromatic heterocycles. The van der Waals surface area contributed by atoms with Crippen LogP contribution in [0.5, 0.6) is 0 Å². The maximum absolute atomic E-state index is 12.8. The van der Waals surface area contributed by atoms with Crippen molar-refractivity contribution in [2.75, 3.05) is 0 Å². The van der Waals surface area contributed by atoms with Crippen LogP contribution in [0.15, 0.2) is 18.3 Å². The maximum atomic E-state index is 12.8. The summed E-state index contributed by atoms with van der Waals surface area (Å²) in [5.74, 6) is -0.914. The molecule has 0 saturated carbocycles. The van der Waals surface area contributed by atoms with Crippen LogP contribution in [-0.4, -0.2) is 26.4 Å². The van der Waals surface area contributed by atoms with Crippen molar-refractivity contribution in [3.05, 3.63) is 50.6 Å². The summed E-state index contributed by atoms with van der Waals surface area (Å²) >= 11 is 1.70. The van der Waals surface area contributed by atoms with Gasteiger partial charge in [-0.25, -0.2) is 9.50 Å². The van der Waals surface area contributed by atoms with E-state index in [4.69, 9.17) is 5.73 Å². The Labute approximate surface area is 148 Å². The van der Waals surface area contributed by atoms with E-state index in [0.29, 0.717) is 11.4 Å². The Morgan fingerprint density at radius 3 is 2.60 bits per heavy atom. The van der Waals surface area contributed by atoms with Gasteiger partial charge in [-0.15, -0.1) is 11.3 Å². The minimum atomic E-state index is -0.628. The smallest absolute Gasteiger partial charge is 0.270 e. The van der Waals surface area contributed by atoms with Gasteiger partial charge < -0.3 is 11.1 Å². The second-order valence-corrected chi connectivity index (χ2v) is 7.46. The molecule has 0 fully saturated rings. The SMILES string of the molecule is Cc1cc(C(=O)N[C@H](C)c2cc(C)sc2C)n2ncc(C(N)=O)c2n1. The summed E-state index contributed by atoms with van der Waals surface area (Å²) in [6.07, 6.45) is 1.33. The van der Waals surface area contributed by atoms with Crippen LogP contribution in [0.2, 0.25) is 0 Å². The Morgan fingerprint density at radius 1 is 1.28 bits per heavy atom. The average Bonchev–Trinajstić information content (AvgIpc) is 3.09. The van der Waals surface area contributed by atoms with Gasteiger partial charge in [-0.2, -0.15) is 5.10 Å². The van der Waals surface area contributed by atoms with Crippen molar-refractivity contribution in [2.45, 2.75) is 33.7 Å². The molecule has 0 saturated heterocycles. The molecule has 25 heavy (non-hydrogen) atoms. The Balaban J connectivity index is 1.97. The van der Waals surface area contributed by atoms with E-state index < -0.39 is 5.91 Å². The van der Waals surface area contributed by atoms with Crippen molar-refractivity contribution in [3.63, 3.8) is 0 Å². The summed E-state index contributed by atoms with van der Waals surface area (Å²) in [6.45, 7) is 7.78. The number of nitrogens with zero attached hydrogens (tertiary/aromatic N) is 3. The molecule has 130 valence electrons. The molecule has 2 amide bonds. The number of fused-ring (bicyclic) bond motifs is 1. The van der Waals surface area contributed by atoms with Crippen molar-refractivity contribution in [1.82, 2.24) is 19.9 Å². The number of amides is 2. The molecular weight excluding hydrogens is 338 g/mol. The molecule has 0 radical (unpaired) electrons. The summed E-state index contributed by atoms with van der Waals surface area (Å²) in [6, 6.07) is 3.57. The third-order valence-electron chi connectivity index (χ3n) is 3.99. The number of thiophene rings is 1. The summed E-state index contributed by atoms with van der Waals surface area (Å²) < 4.78 is 1.35. The lowest BCUT2D eigenvalue weighted by molar-refractivity contribution is 0.0930. The third kappa shape index (κ3) is 3.12. The van der Waals surface area contributed by atoms with Gasteiger partial charge in [-0.1, -0.05) is 0 Å². The molecule has 0 bridgehead atoms. The number of hydrogen-bond acceptors (Lipinski definition) is 5. The number of nitrogens with one attached hydrogen (secondary N) is 1. The van der Waals surface area contributed by atoms with Gasteiger partial charge >= 0.3 is 0 Å². The van der Waals surface area contributed by atoms with E-state index in [-0.39, 0.29) is 23.2 Å². The van der Waals surface area contributed by atoms with E-state index in [1.807, 2.05) is 20.8 Å². The van der Waals surface area contributed by atoms with E-state index in [1.54, 1.807) is 24.3 Å². The molecule has 3 N–H and O–H groups in total. The summed E-state index contributed by atoms with van der Waals surface area (Å²) in [7, 11) is 0. The number of aryl methyl sites for hydroxylation is 3. The predicted octanol–water partition coefficient (Wildman–Crippen LogP) is 2.31. The fourth-order valence-corrected chi connectivity index (χ4v) is 3.87. The first kappa shape index (κ1) is 17.1. The molecule has 7 nitrogen and oxygen atoms in total. The Bertz CT molecular complexity index is 988. The van der Waals surface area contributed by atoms with Crippen LogP contribution in [0, 0.1) is 20.8 Å². The van der Waals surface area contributed by atoms with Crippen molar-refractivity contribution in [1.29, 1.82) is 0 Å². The lowest BCUT2D eigenvalue weighted by atomic mass is 10.1. The van der Waals surface area contributed by atoms with Crippen molar-refractivity contribution in [3.8, 4) is 0 Å². The molecule has 0 spiro atoms. The Kier molecular flexibility index (Phi) is 4.30. The van der Waals surface area contributed by atoms with Gasteiger partial charge in [0.05, 0.1) is 12.2 Å². The third-order valence-corrected chi connectivity index (χ3v) is 4.97. The largest absolute Gasteiger partial charge is 0.365 e. The van der Waals surface area contributed by atoms with Crippen LogP contribution in [-0.2, 0) is 0 Å². The van der Waals surface area contributed by atoms with Crippen LogP contribution in [0.25, 0.3) is 5.65 Å². The molecule has 0 aliphatic rings. The average molecular weight is 357 g/mol. The van der Waals surface area contributed by atoms with Crippen LogP contribution < -0.4 is 11.1 Å². The van der Waals surface area contributed by atoms with Crippen molar-refractivity contribution in [2.24, 2.45) is 5.73 Å². The maximum Gasteiger partial charge on any atom is 0.270 e. The minimum Gasteiger partial charge on any atom is -0.365 e. The van der Waals surface area contributed by atoms with Crippen molar-refractivity contribution < 1.29 is 9.59 Å². The van der Waals surface area contributed by atoms with Gasteiger partial charge in [0.2, 0.25) is 0 Å². The van der Waals surface area contributed by atoms with Crippen molar-refractivity contribution >= 4 is 28.8 Å². The first-order valence-corrected chi connectivity index (χ1v) is 8.62. The highest BCUT2D eigenvalue weighted by Gasteiger charge is 2.20. The van der Waals surface area contributed by atoms with Crippen LogP contribution >= 0.6 is 11.3 Å². The Hall–Kier alpha value is -2.74. The fraction of sp³-hybridized carbons (Fsp3) is 0.294. The molecular formula is C17H19N5O2S. The van der Waals surface area contributed by atoms with E-state index in [0.717, 1.165) is 5.56 Å². The van der Waals surface area contributed by atoms with Gasteiger partial charge in [0.25, 0.3) is 11.8 Å². The van der Waals surface area contributed by atoms with Crippen LogP contribution in [0.1, 0.15) is 54.8 Å². The highest BCUT2D eigenvalue weighted by molar-refractivity contribution is 7.12. The second kappa shape index (κ2) is 6.29. The number of hydrogen-bond donors (Lipinski definition) is 2. The number of nitrogens with two attached hydrogens (primary N) is 1. The fourth-order valence-electron chi connectivity index (χ4n) is 2.85. The van der Waals surface area contributed by atoms with Gasteiger partial charge in [-0.3, -0.25) is 9.59 Å². The molecule has 8 heteroatoms. The first-order chi connectivity index (χ1) is 11.8. The highest BCUT2D eigenvalue weighted by atomic mass is 32.1. The van der Waals surface area contributed by atoms with E-state index in [1.165, 1.54) is 20.5 Å². The topological polar surface area (TPSA) is 102 Å². The van der Waals surface area contributed by atoms with Gasteiger partial charge in [0.1, 0.15) is 11.3 Å². The molecule has 0 unspecified atom stereocenters. The monoisotopic (exact) mass is 357 g/mol. The molecule has 0 aliphatic heterocycles. The summed E-state index contributed by atoms with van der Waals surface area (Å²) in [5.41, 5.74) is 7.83. The number of primary amides is 1. The summed E-state index contributed by atoms with van der Waals surface area (Å²) in [4.78, 5) is 30.9. The number of rotatable bonds is 4. The van der Waals surface area contributed by atoms with Gasteiger partial charge in [0.15, 0.2) is 5.65 Å². The standard InChI is InChI=1S/C17H19N5O2S/c1-8-5-14(22-16(20-8)13(7-19-22)15(18)23)17(24)21-10(3)12-6-9(2)25-11(12)4/h5-7,10H,1-4H3,(H2,18,23)(H,21,24)/t10-/m1/s1. The van der Waals surface area contributed by atoms with Crippen LogP contribution in [0.3, 0.4) is 0 Å². The zero-order valence-electron chi connectivity index (χ0n) is 14.5. The molecule has 0 aromatic carbocycles. The second-order valence-electron chi connectivity index (χ2n) is 6.00. The molecule has 3 aromatic rings. The molecule has 0 aliphatic carbocycles. The van der Waals surface area contributed by atoms with E-state index in [2.05, 4.69) is 21.5 Å². The van der Waals surface area contributed by atoms with E-state index >= 15 is 0 Å². The number of aromatic nitrogens is 3. The lowest BCUT2D eigenvalue weighted by Crippen LogP contribution is -2.29. The number of carbonyl (C=O) groups is 2. The molecule has 3 rings (SSSR count). The zero-order valence-corrected chi connectivity index (χ0v) is 15.3. The van der Waals surface area contributed by atoms with Gasteiger partial charge in [-0.05, 0) is 45.4 Å². The minimum absolute atomic E-state index is 0.146. The molecule has 1 atom stereocenters.